The second kappa shape index (κ2) is 6.80. The van der Waals surface area contributed by atoms with Gasteiger partial charge in [0, 0.05) is 36.2 Å². The summed E-state index contributed by atoms with van der Waals surface area (Å²) >= 11 is 5.85. The maximum Gasteiger partial charge on any atom is 0.343 e. The summed E-state index contributed by atoms with van der Waals surface area (Å²) in [5.41, 5.74) is 0.508. The normalized spacial score (nSPS) is 21.0. The van der Waals surface area contributed by atoms with Gasteiger partial charge in [0.2, 0.25) is 0 Å². The lowest BCUT2D eigenvalue weighted by Crippen LogP contribution is -2.45. The minimum atomic E-state index is -1.16. The van der Waals surface area contributed by atoms with Crippen molar-refractivity contribution in [1.82, 2.24) is 5.16 Å². The molecule has 24 heavy (non-hydrogen) atoms. The Labute approximate surface area is 143 Å². The first-order valence-corrected chi connectivity index (χ1v) is 7.91. The number of aliphatic hydroxyl groups excluding tert-OH is 2. The summed E-state index contributed by atoms with van der Waals surface area (Å²) in [7, 11) is 0. The minimum absolute atomic E-state index is 0.0491. The highest BCUT2D eigenvalue weighted by Gasteiger charge is 2.33. The molecular formula is C16H17ClN2O5. The van der Waals surface area contributed by atoms with Gasteiger partial charge in [0.25, 0.3) is 0 Å². The van der Waals surface area contributed by atoms with E-state index in [-0.39, 0.29) is 36.2 Å². The molecule has 0 bridgehead atoms. The zero-order valence-electron chi connectivity index (χ0n) is 12.7. The van der Waals surface area contributed by atoms with E-state index >= 15 is 0 Å². The van der Waals surface area contributed by atoms with Gasteiger partial charge < -0.3 is 24.7 Å². The summed E-state index contributed by atoms with van der Waals surface area (Å²) in [6, 6.07) is 6.60. The Bertz CT molecular complexity index is 731. The molecule has 1 aromatic heterocycles. The molecule has 1 aliphatic rings. The molecule has 3 N–H and O–H groups in total. The van der Waals surface area contributed by atoms with Crippen LogP contribution in [0.2, 0.25) is 5.02 Å². The first-order valence-electron chi connectivity index (χ1n) is 7.54. The Hall–Kier alpha value is -2.09. The molecular weight excluding hydrogens is 336 g/mol. The van der Waals surface area contributed by atoms with E-state index in [2.05, 4.69) is 5.16 Å². The van der Waals surface area contributed by atoms with E-state index < -0.39 is 12.1 Å². The number of carboxylic acid groups (broad SMARTS) is 1. The fourth-order valence-electron chi connectivity index (χ4n) is 2.87. The number of halogens is 1. The molecule has 3 rings (SSSR count). The van der Waals surface area contributed by atoms with Crippen LogP contribution in [0.1, 0.15) is 16.8 Å². The number of anilines is 1. The number of hydrogen-bond acceptors (Lipinski definition) is 6. The average Bonchev–Trinajstić information content (AvgIpc) is 3.00. The SMILES string of the molecule is O=C(O)c1c(N2CC[C@H](CO)[C@@H](O)C2)noc1-c1ccc(Cl)cc1. The third kappa shape index (κ3) is 3.10. The number of piperidine rings is 1. The molecule has 1 fully saturated rings. The van der Waals surface area contributed by atoms with E-state index in [1.165, 1.54) is 0 Å². The van der Waals surface area contributed by atoms with Crippen LogP contribution in [0.4, 0.5) is 5.82 Å². The van der Waals surface area contributed by atoms with Crippen LogP contribution in [-0.4, -0.2) is 52.2 Å². The summed E-state index contributed by atoms with van der Waals surface area (Å²) in [5.74, 6) is -1.04. The first kappa shape index (κ1) is 16.8. The van der Waals surface area contributed by atoms with Crippen LogP contribution in [0.25, 0.3) is 11.3 Å². The zero-order valence-corrected chi connectivity index (χ0v) is 13.5. The van der Waals surface area contributed by atoms with E-state index in [1.54, 1.807) is 29.2 Å². The van der Waals surface area contributed by atoms with Crippen LogP contribution < -0.4 is 4.90 Å². The molecule has 0 amide bonds. The largest absolute Gasteiger partial charge is 0.477 e. The highest BCUT2D eigenvalue weighted by Crippen LogP contribution is 2.33. The second-order valence-electron chi connectivity index (χ2n) is 5.77. The van der Waals surface area contributed by atoms with E-state index in [0.29, 0.717) is 23.6 Å². The predicted molar refractivity (Wildman–Crippen MR) is 87.3 cm³/mol. The van der Waals surface area contributed by atoms with Gasteiger partial charge >= 0.3 is 5.97 Å². The molecule has 7 nitrogen and oxygen atoms in total. The molecule has 0 saturated carbocycles. The Morgan fingerprint density at radius 2 is 2.08 bits per heavy atom. The number of carbonyl (C=O) groups is 1. The van der Waals surface area contributed by atoms with Crippen molar-refractivity contribution >= 4 is 23.4 Å². The summed E-state index contributed by atoms with van der Waals surface area (Å²) in [6.07, 6.45) is -0.207. The van der Waals surface area contributed by atoms with Crippen molar-refractivity contribution in [3.05, 3.63) is 34.9 Å². The van der Waals surface area contributed by atoms with Crippen molar-refractivity contribution in [2.24, 2.45) is 5.92 Å². The van der Waals surface area contributed by atoms with Gasteiger partial charge in [-0.3, -0.25) is 0 Å². The number of rotatable bonds is 4. The van der Waals surface area contributed by atoms with Gasteiger partial charge in [-0.1, -0.05) is 16.8 Å². The van der Waals surface area contributed by atoms with E-state index in [4.69, 9.17) is 16.1 Å². The Kier molecular flexibility index (Phi) is 4.75. The number of aromatic nitrogens is 1. The monoisotopic (exact) mass is 352 g/mol. The Balaban J connectivity index is 1.95. The molecule has 1 aliphatic heterocycles. The lowest BCUT2D eigenvalue weighted by molar-refractivity contribution is 0.0540. The van der Waals surface area contributed by atoms with E-state index in [0.717, 1.165) is 0 Å². The highest BCUT2D eigenvalue weighted by atomic mass is 35.5. The molecule has 2 aromatic rings. The first-order chi connectivity index (χ1) is 11.5. The lowest BCUT2D eigenvalue weighted by atomic mass is 9.94. The highest BCUT2D eigenvalue weighted by molar-refractivity contribution is 6.30. The number of carboxylic acids is 1. The smallest absolute Gasteiger partial charge is 0.343 e. The van der Waals surface area contributed by atoms with Crippen LogP contribution in [-0.2, 0) is 0 Å². The van der Waals surface area contributed by atoms with Crippen LogP contribution in [0, 0.1) is 5.92 Å². The number of aliphatic hydroxyl groups is 2. The molecule has 2 atom stereocenters. The number of β-amino-alcohol motifs (C(OH)–C–C–N with tert-alkyl or cyclic N) is 1. The lowest BCUT2D eigenvalue weighted by Gasteiger charge is -2.35. The van der Waals surface area contributed by atoms with Gasteiger partial charge in [-0.2, -0.15) is 0 Å². The molecule has 8 heteroatoms. The van der Waals surface area contributed by atoms with Crippen LogP contribution >= 0.6 is 11.6 Å². The molecule has 0 radical (unpaired) electrons. The van der Waals surface area contributed by atoms with Gasteiger partial charge in [-0.15, -0.1) is 0 Å². The van der Waals surface area contributed by atoms with Crippen LogP contribution in [0.5, 0.6) is 0 Å². The molecule has 0 aliphatic carbocycles. The van der Waals surface area contributed by atoms with Crippen LogP contribution in [0.3, 0.4) is 0 Å². The topological polar surface area (TPSA) is 107 Å². The summed E-state index contributed by atoms with van der Waals surface area (Å²) < 4.78 is 5.28. The van der Waals surface area contributed by atoms with Gasteiger partial charge in [0.05, 0.1) is 6.10 Å². The standard InChI is InChI=1S/C16H17ClN2O5/c17-11-3-1-9(2-4-11)14-13(16(22)23)15(18-24-14)19-6-5-10(8-20)12(21)7-19/h1-4,10,12,20-21H,5-8H2,(H,22,23)/t10-,12+/m1/s1. The zero-order chi connectivity index (χ0) is 17.3. The molecule has 128 valence electrons. The summed E-state index contributed by atoms with van der Waals surface area (Å²) in [6.45, 7) is 0.572. The van der Waals surface area contributed by atoms with Gasteiger partial charge in [-0.25, -0.2) is 4.79 Å². The fourth-order valence-corrected chi connectivity index (χ4v) is 3.00. The summed E-state index contributed by atoms with van der Waals surface area (Å²) in [4.78, 5) is 13.4. The summed E-state index contributed by atoms with van der Waals surface area (Å²) in [5, 5.41) is 33.3. The van der Waals surface area contributed by atoms with Crippen molar-refractivity contribution in [3.8, 4) is 11.3 Å². The minimum Gasteiger partial charge on any atom is -0.477 e. The number of benzene rings is 1. The average molecular weight is 353 g/mol. The maximum absolute atomic E-state index is 11.7. The van der Waals surface area contributed by atoms with E-state index in [9.17, 15) is 20.1 Å². The van der Waals surface area contributed by atoms with Crippen molar-refractivity contribution < 1.29 is 24.6 Å². The van der Waals surface area contributed by atoms with Gasteiger partial charge in [0.15, 0.2) is 17.1 Å². The third-order valence-electron chi connectivity index (χ3n) is 4.25. The fraction of sp³-hybridized carbons (Fsp3) is 0.375. The van der Waals surface area contributed by atoms with E-state index in [1.807, 2.05) is 0 Å². The number of hydrogen-bond donors (Lipinski definition) is 3. The number of aromatic carboxylic acids is 1. The van der Waals surface area contributed by atoms with Crippen molar-refractivity contribution in [2.45, 2.75) is 12.5 Å². The van der Waals surface area contributed by atoms with Gasteiger partial charge in [-0.05, 0) is 30.7 Å². The molecule has 1 aromatic carbocycles. The Morgan fingerprint density at radius 3 is 2.67 bits per heavy atom. The Morgan fingerprint density at radius 1 is 1.38 bits per heavy atom. The molecule has 0 spiro atoms. The van der Waals surface area contributed by atoms with Crippen molar-refractivity contribution in [3.63, 3.8) is 0 Å². The molecule has 1 saturated heterocycles. The molecule has 2 heterocycles. The predicted octanol–water partition coefficient (Wildman–Crippen LogP) is 1.87. The number of nitrogens with zero attached hydrogens (tertiary/aromatic N) is 2. The van der Waals surface area contributed by atoms with Crippen molar-refractivity contribution in [2.75, 3.05) is 24.6 Å². The van der Waals surface area contributed by atoms with Crippen LogP contribution in [0.15, 0.2) is 28.8 Å². The third-order valence-corrected chi connectivity index (χ3v) is 4.50. The second-order valence-corrected chi connectivity index (χ2v) is 6.20. The van der Waals surface area contributed by atoms with Gasteiger partial charge in [0.1, 0.15) is 0 Å². The van der Waals surface area contributed by atoms with Crippen molar-refractivity contribution in [1.29, 1.82) is 0 Å². The quantitative estimate of drug-likeness (QED) is 0.771. The maximum atomic E-state index is 11.7. The molecule has 0 unspecified atom stereocenters.